The van der Waals surface area contributed by atoms with Gasteiger partial charge in [-0.1, -0.05) is 0 Å². The van der Waals surface area contributed by atoms with Crippen LogP contribution in [-0.2, 0) is 9.47 Å². The molecule has 2 heterocycles. The summed E-state index contributed by atoms with van der Waals surface area (Å²) in [4.78, 5) is 25.0. The van der Waals surface area contributed by atoms with Crippen LogP contribution in [0.5, 0.6) is 5.75 Å². The van der Waals surface area contributed by atoms with Crippen LogP contribution in [0.3, 0.4) is 0 Å². The highest BCUT2D eigenvalue weighted by Crippen LogP contribution is 2.38. The number of carbonyl (C=O) groups excluding carboxylic acids is 2. The van der Waals surface area contributed by atoms with Gasteiger partial charge in [-0.3, -0.25) is 4.90 Å². The average Bonchev–Trinajstić information content (AvgIpc) is 2.91. The van der Waals surface area contributed by atoms with Crippen LogP contribution in [0.1, 0.15) is 20.8 Å². The Kier molecular flexibility index (Phi) is 4.61. The molecule has 0 spiro atoms. The summed E-state index contributed by atoms with van der Waals surface area (Å²) < 4.78 is 16.0. The predicted octanol–water partition coefficient (Wildman–Crippen LogP) is 2.34. The normalized spacial score (nSPS) is 18.6. The Bertz CT molecular complexity index is 671. The molecule has 2 N–H and O–H groups in total. The molecule has 1 aromatic rings. The van der Waals surface area contributed by atoms with E-state index in [0.29, 0.717) is 32.1 Å². The van der Waals surface area contributed by atoms with Gasteiger partial charge in [0.2, 0.25) is 0 Å². The van der Waals surface area contributed by atoms with Gasteiger partial charge in [-0.2, -0.15) is 0 Å². The quantitative estimate of drug-likeness (QED) is 0.811. The molecule has 0 radical (unpaired) electrons. The fraction of sp³-hybridized carbons (Fsp3) is 0.529. The smallest absolute Gasteiger partial charge is 0.414 e. The van der Waals surface area contributed by atoms with Gasteiger partial charge in [0, 0.05) is 24.8 Å². The summed E-state index contributed by atoms with van der Waals surface area (Å²) in [5, 5.41) is 5.88. The molecule has 1 unspecified atom stereocenters. The lowest BCUT2D eigenvalue weighted by Gasteiger charge is -2.29. The van der Waals surface area contributed by atoms with E-state index >= 15 is 0 Å². The Morgan fingerprint density at radius 2 is 2.04 bits per heavy atom. The van der Waals surface area contributed by atoms with Gasteiger partial charge in [0.05, 0.1) is 5.69 Å². The van der Waals surface area contributed by atoms with Crippen molar-refractivity contribution in [2.75, 3.05) is 36.5 Å². The number of anilines is 2. The number of ether oxygens (including phenoxy) is 3. The first-order valence-corrected chi connectivity index (χ1v) is 8.27. The molecule has 1 aromatic carbocycles. The highest BCUT2D eigenvalue weighted by Gasteiger charge is 2.39. The number of alkyl carbamates (subject to hydrolysis) is 1. The highest BCUT2D eigenvalue weighted by molar-refractivity contribution is 5.93. The first-order chi connectivity index (χ1) is 11.8. The Balaban J connectivity index is 1.52. The summed E-state index contributed by atoms with van der Waals surface area (Å²) in [6.45, 7) is 7.19. The van der Waals surface area contributed by atoms with Crippen LogP contribution in [0, 0.1) is 0 Å². The van der Waals surface area contributed by atoms with Crippen LogP contribution < -0.4 is 20.3 Å². The zero-order chi connectivity index (χ0) is 18.0. The van der Waals surface area contributed by atoms with Gasteiger partial charge in [-0.25, -0.2) is 9.59 Å². The number of nitrogens with zero attached hydrogens (tertiary/aromatic N) is 1. The molecule has 3 rings (SSSR count). The molecule has 1 fully saturated rings. The van der Waals surface area contributed by atoms with Crippen molar-refractivity contribution in [2.45, 2.75) is 32.4 Å². The second-order valence-electron chi connectivity index (χ2n) is 6.95. The van der Waals surface area contributed by atoms with Gasteiger partial charge >= 0.3 is 12.2 Å². The number of hydrogen-bond acceptors (Lipinski definition) is 6. The maximum atomic E-state index is 11.8. The standard InChI is InChI=1S/C17H23N3O5/c1-17(2,3)25-15(21)19-7-6-18-11-4-5-13-14(8-11)23-9-12-10-24-16(22)20(12)13/h4-5,8,12,18H,6-7,9-10H2,1-3H3,(H,19,21). The van der Waals surface area contributed by atoms with Gasteiger partial charge in [0.1, 0.15) is 30.6 Å². The number of fused-ring (bicyclic) bond motifs is 3. The topological polar surface area (TPSA) is 89.1 Å². The Hall–Kier alpha value is -2.64. The SMILES string of the molecule is CC(C)(C)OC(=O)NCCNc1ccc2c(c1)OCC1COC(=O)N21. The number of cyclic esters (lactones) is 1. The van der Waals surface area contributed by atoms with Gasteiger partial charge in [-0.15, -0.1) is 0 Å². The largest absolute Gasteiger partial charge is 0.489 e. The molecule has 0 saturated carbocycles. The number of carbonyl (C=O) groups is 2. The van der Waals surface area contributed by atoms with E-state index in [4.69, 9.17) is 14.2 Å². The van der Waals surface area contributed by atoms with E-state index in [1.165, 1.54) is 0 Å². The molecule has 1 atom stereocenters. The third-order valence-corrected chi connectivity index (χ3v) is 3.73. The van der Waals surface area contributed by atoms with Gasteiger partial charge in [0.15, 0.2) is 0 Å². The van der Waals surface area contributed by atoms with Crippen molar-refractivity contribution in [2.24, 2.45) is 0 Å². The number of hydrogen-bond donors (Lipinski definition) is 2. The predicted molar refractivity (Wildman–Crippen MR) is 92.3 cm³/mol. The van der Waals surface area contributed by atoms with Crippen molar-refractivity contribution in [3.63, 3.8) is 0 Å². The first-order valence-electron chi connectivity index (χ1n) is 8.27. The maximum Gasteiger partial charge on any atom is 0.414 e. The van der Waals surface area contributed by atoms with Crippen molar-refractivity contribution >= 4 is 23.6 Å². The fourth-order valence-electron chi connectivity index (χ4n) is 2.69. The Morgan fingerprint density at radius 3 is 2.80 bits per heavy atom. The van der Waals surface area contributed by atoms with Crippen LogP contribution >= 0.6 is 0 Å². The monoisotopic (exact) mass is 349 g/mol. The van der Waals surface area contributed by atoms with Crippen LogP contribution in [0.2, 0.25) is 0 Å². The molecule has 25 heavy (non-hydrogen) atoms. The number of nitrogens with one attached hydrogen (secondary N) is 2. The van der Waals surface area contributed by atoms with Crippen LogP contribution in [0.4, 0.5) is 21.0 Å². The van der Waals surface area contributed by atoms with Gasteiger partial charge in [0.25, 0.3) is 0 Å². The Labute approximate surface area is 146 Å². The summed E-state index contributed by atoms with van der Waals surface area (Å²) in [5.41, 5.74) is 1.05. The summed E-state index contributed by atoms with van der Waals surface area (Å²) in [7, 11) is 0. The molecule has 0 aromatic heterocycles. The molecule has 136 valence electrons. The van der Waals surface area contributed by atoms with E-state index in [1.807, 2.05) is 39.0 Å². The second-order valence-corrected chi connectivity index (χ2v) is 6.95. The van der Waals surface area contributed by atoms with E-state index < -0.39 is 11.7 Å². The summed E-state index contributed by atoms with van der Waals surface area (Å²) in [5.74, 6) is 0.639. The van der Waals surface area contributed by atoms with E-state index in [-0.39, 0.29) is 12.1 Å². The third kappa shape index (κ3) is 4.07. The molecule has 8 heteroatoms. The summed E-state index contributed by atoms with van der Waals surface area (Å²) >= 11 is 0. The molecular formula is C17H23N3O5. The maximum absolute atomic E-state index is 11.8. The summed E-state index contributed by atoms with van der Waals surface area (Å²) in [6.07, 6.45) is -0.779. The first kappa shape index (κ1) is 17.2. The minimum atomic E-state index is -0.512. The fourth-order valence-corrected chi connectivity index (χ4v) is 2.69. The lowest BCUT2D eigenvalue weighted by Crippen LogP contribution is -2.41. The minimum absolute atomic E-state index is 0.0585. The molecule has 2 aliphatic rings. The molecule has 1 saturated heterocycles. The molecule has 2 aliphatic heterocycles. The van der Waals surface area contributed by atoms with Crippen molar-refractivity contribution in [3.05, 3.63) is 18.2 Å². The lowest BCUT2D eigenvalue weighted by atomic mass is 10.1. The zero-order valence-corrected chi connectivity index (χ0v) is 14.6. The number of amides is 2. The average molecular weight is 349 g/mol. The van der Waals surface area contributed by atoms with Crippen LogP contribution in [0.15, 0.2) is 18.2 Å². The van der Waals surface area contributed by atoms with Crippen LogP contribution in [0.25, 0.3) is 0 Å². The van der Waals surface area contributed by atoms with Crippen molar-refractivity contribution in [1.82, 2.24) is 5.32 Å². The summed E-state index contributed by atoms with van der Waals surface area (Å²) in [6, 6.07) is 5.48. The van der Waals surface area contributed by atoms with Crippen molar-refractivity contribution in [1.29, 1.82) is 0 Å². The lowest BCUT2D eigenvalue weighted by molar-refractivity contribution is 0.0530. The van der Waals surface area contributed by atoms with E-state index in [2.05, 4.69) is 10.6 Å². The van der Waals surface area contributed by atoms with Crippen LogP contribution in [-0.4, -0.2) is 50.1 Å². The molecule has 0 aliphatic carbocycles. The highest BCUT2D eigenvalue weighted by atomic mass is 16.6. The van der Waals surface area contributed by atoms with E-state index in [9.17, 15) is 9.59 Å². The number of rotatable bonds is 4. The third-order valence-electron chi connectivity index (χ3n) is 3.73. The second kappa shape index (κ2) is 6.70. The molecule has 0 bridgehead atoms. The minimum Gasteiger partial charge on any atom is -0.489 e. The van der Waals surface area contributed by atoms with Crippen molar-refractivity contribution < 1.29 is 23.8 Å². The zero-order valence-electron chi connectivity index (χ0n) is 14.6. The van der Waals surface area contributed by atoms with E-state index in [1.54, 1.807) is 4.90 Å². The molecule has 8 nitrogen and oxygen atoms in total. The van der Waals surface area contributed by atoms with Gasteiger partial charge in [-0.05, 0) is 32.9 Å². The molecular weight excluding hydrogens is 326 g/mol. The molecule has 2 amide bonds. The number of benzene rings is 1. The van der Waals surface area contributed by atoms with Gasteiger partial charge < -0.3 is 24.8 Å². The van der Waals surface area contributed by atoms with Crippen molar-refractivity contribution in [3.8, 4) is 5.75 Å². The van der Waals surface area contributed by atoms with E-state index in [0.717, 1.165) is 11.4 Å². The Morgan fingerprint density at radius 1 is 1.28 bits per heavy atom.